The molecular weight excluding hydrogens is 396 g/mol. The lowest BCUT2D eigenvalue weighted by Crippen LogP contribution is -2.25. The molecule has 2 heterocycles. The van der Waals surface area contributed by atoms with Crippen molar-refractivity contribution in [3.63, 3.8) is 0 Å². The molecule has 0 aliphatic rings. The largest absolute Gasteiger partial charge is 0.481 e. The Morgan fingerprint density at radius 1 is 0.903 bits per heavy atom. The van der Waals surface area contributed by atoms with Crippen LogP contribution in [-0.2, 0) is 11.2 Å². The Morgan fingerprint density at radius 2 is 1.52 bits per heavy atom. The minimum Gasteiger partial charge on any atom is -0.481 e. The number of carboxylic acid groups (broad SMARTS) is 1. The van der Waals surface area contributed by atoms with Crippen LogP contribution in [0.2, 0.25) is 0 Å². The van der Waals surface area contributed by atoms with Gasteiger partial charge in [-0.2, -0.15) is 10.4 Å². The van der Waals surface area contributed by atoms with Crippen LogP contribution in [0.1, 0.15) is 37.1 Å². The number of tetrazole rings is 2. The van der Waals surface area contributed by atoms with Crippen LogP contribution in [0.3, 0.4) is 0 Å². The molecule has 0 aliphatic heterocycles. The molecule has 0 aliphatic carbocycles. The van der Waals surface area contributed by atoms with Crippen molar-refractivity contribution in [2.24, 2.45) is 5.92 Å². The fraction of sp³-hybridized carbons (Fsp3) is 0.286. The lowest BCUT2D eigenvalue weighted by atomic mass is 9.83. The first kappa shape index (κ1) is 20.3. The number of aromatic amines is 2. The second-order valence-electron chi connectivity index (χ2n) is 7.32. The number of rotatable bonds is 9. The number of nitrogens with zero attached hydrogens (tertiary/aromatic N) is 6. The first-order valence-corrected chi connectivity index (χ1v) is 10.0. The van der Waals surface area contributed by atoms with Crippen LogP contribution >= 0.6 is 0 Å². The molecule has 0 amide bonds. The van der Waals surface area contributed by atoms with Crippen LogP contribution in [0.5, 0.6) is 0 Å². The molecule has 2 atom stereocenters. The van der Waals surface area contributed by atoms with E-state index in [9.17, 15) is 9.90 Å². The zero-order valence-corrected chi connectivity index (χ0v) is 16.9. The van der Waals surface area contributed by atoms with Crippen LogP contribution in [-0.4, -0.2) is 52.3 Å². The van der Waals surface area contributed by atoms with Crippen molar-refractivity contribution >= 4 is 5.97 Å². The van der Waals surface area contributed by atoms with E-state index in [1.807, 2.05) is 55.5 Å². The van der Waals surface area contributed by atoms with Gasteiger partial charge in [0.25, 0.3) is 0 Å². The van der Waals surface area contributed by atoms with E-state index in [0.29, 0.717) is 24.5 Å². The molecule has 0 unspecified atom stereocenters. The minimum atomic E-state index is -0.838. The van der Waals surface area contributed by atoms with Gasteiger partial charge < -0.3 is 5.11 Å². The van der Waals surface area contributed by atoms with Gasteiger partial charge in [-0.15, -0.1) is 20.4 Å². The average molecular weight is 418 g/mol. The van der Waals surface area contributed by atoms with Crippen molar-refractivity contribution in [3.8, 4) is 22.5 Å². The quantitative estimate of drug-likeness (QED) is 0.376. The van der Waals surface area contributed by atoms with Gasteiger partial charge in [0.2, 0.25) is 5.82 Å². The van der Waals surface area contributed by atoms with Crippen molar-refractivity contribution in [1.29, 1.82) is 0 Å². The predicted molar refractivity (Wildman–Crippen MR) is 112 cm³/mol. The van der Waals surface area contributed by atoms with Gasteiger partial charge in [0, 0.05) is 11.5 Å². The van der Waals surface area contributed by atoms with Crippen molar-refractivity contribution in [2.45, 2.75) is 32.1 Å². The third kappa shape index (κ3) is 4.63. The highest BCUT2D eigenvalue weighted by Crippen LogP contribution is 2.31. The standard InChI is InChI=1S/C21H22N8O2/c1-2-3-17(21(30)31)18(20-24-28-29-25-20)12-13-4-6-14(7-5-13)15-8-10-16(11-9-15)19-22-26-27-23-19/h4-11,17-18H,2-3,12H2,1H3,(H,30,31)(H,22,23,26,27)(H,24,25,28,29)/t17-,18-/m0/s1. The molecule has 2 aromatic heterocycles. The Labute approximate surface area is 178 Å². The summed E-state index contributed by atoms with van der Waals surface area (Å²) >= 11 is 0. The van der Waals surface area contributed by atoms with Gasteiger partial charge in [0.05, 0.1) is 5.92 Å². The summed E-state index contributed by atoms with van der Waals surface area (Å²) in [5.41, 5.74) is 4.02. The van der Waals surface area contributed by atoms with Gasteiger partial charge in [-0.05, 0) is 34.7 Å². The van der Waals surface area contributed by atoms with Crippen LogP contribution in [0, 0.1) is 5.92 Å². The molecule has 0 saturated heterocycles. The van der Waals surface area contributed by atoms with Gasteiger partial charge in [0.15, 0.2) is 5.82 Å². The Balaban J connectivity index is 1.53. The zero-order valence-electron chi connectivity index (χ0n) is 16.9. The molecule has 4 rings (SSSR count). The predicted octanol–water partition coefficient (Wildman–Crippen LogP) is 2.87. The highest BCUT2D eigenvalue weighted by molar-refractivity contribution is 5.71. The molecule has 10 nitrogen and oxygen atoms in total. The third-order valence-corrected chi connectivity index (χ3v) is 5.33. The van der Waals surface area contributed by atoms with Gasteiger partial charge in [-0.1, -0.05) is 67.1 Å². The molecule has 3 N–H and O–H groups in total. The normalized spacial score (nSPS) is 13.1. The number of hydrogen-bond donors (Lipinski definition) is 3. The first-order valence-electron chi connectivity index (χ1n) is 10.0. The number of hydrogen-bond acceptors (Lipinski definition) is 7. The van der Waals surface area contributed by atoms with Crippen LogP contribution in [0.25, 0.3) is 22.5 Å². The van der Waals surface area contributed by atoms with E-state index in [1.165, 1.54) is 0 Å². The number of nitrogens with one attached hydrogen (secondary N) is 2. The molecule has 0 fully saturated rings. The van der Waals surface area contributed by atoms with Gasteiger partial charge in [0.1, 0.15) is 0 Å². The maximum atomic E-state index is 11.9. The zero-order chi connectivity index (χ0) is 21.6. The topological polar surface area (TPSA) is 146 Å². The monoisotopic (exact) mass is 418 g/mol. The second-order valence-corrected chi connectivity index (χ2v) is 7.32. The lowest BCUT2D eigenvalue weighted by Gasteiger charge is -2.21. The van der Waals surface area contributed by atoms with Crippen molar-refractivity contribution in [3.05, 3.63) is 59.9 Å². The average Bonchev–Trinajstić information content (AvgIpc) is 3.51. The summed E-state index contributed by atoms with van der Waals surface area (Å²) in [6, 6.07) is 16.0. The van der Waals surface area contributed by atoms with Crippen LogP contribution < -0.4 is 0 Å². The van der Waals surface area contributed by atoms with Gasteiger partial charge in [-0.25, -0.2) is 0 Å². The smallest absolute Gasteiger partial charge is 0.307 e. The molecule has 10 heteroatoms. The summed E-state index contributed by atoms with van der Waals surface area (Å²) in [4.78, 5) is 11.9. The number of carboxylic acids is 1. The second kappa shape index (κ2) is 9.24. The molecular formula is C21H22N8O2. The molecule has 4 aromatic rings. The van der Waals surface area contributed by atoms with Gasteiger partial charge >= 0.3 is 5.97 Å². The molecule has 158 valence electrons. The molecule has 0 radical (unpaired) electrons. The highest BCUT2D eigenvalue weighted by Gasteiger charge is 2.31. The summed E-state index contributed by atoms with van der Waals surface area (Å²) in [5.74, 6) is -0.775. The highest BCUT2D eigenvalue weighted by atomic mass is 16.4. The van der Waals surface area contributed by atoms with E-state index < -0.39 is 11.9 Å². The molecule has 0 saturated carbocycles. The van der Waals surface area contributed by atoms with Gasteiger partial charge in [-0.3, -0.25) is 4.79 Å². The molecule has 2 aromatic carbocycles. The first-order chi connectivity index (χ1) is 15.2. The molecule has 0 spiro atoms. The van der Waals surface area contributed by atoms with E-state index >= 15 is 0 Å². The summed E-state index contributed by atoms with van der Waals surface area (Å²) in [5, 5.41) is 37.9. The van der Waals surface area contributed by atoms with E-state index in [2.05, 4.69) is 41.2 Å². The Bertz CT molecular complexity index is 1090. The summed E-state index contributed by atoms with van der Waals surface area (Å²) < 4.78 is 0. The SMILES string of the molecule is CCC[C@H](C(=O)O)[C@H](Cc1ccc(-c2ccc(-c3nn[nH]n3)cc2)cc1)c1nn[nH]n1. The van der Waals surface area contributed by atoms with Crippen molar-refractivity contribution < 1.29 is 9.90 Å². The summed E-state index contributed by atoms with van der Waals surface area (Å²) in [7, 11) is 0. The number of H-pyrrole nitrogens is 2. The molecule has 0 bridgehead atoms. The Morgan fingerprint density at radius 3 is 2.06 bits per heavy atom. The van der Waals surface area contributed by atoms with Crippen LogP contribution in [0.15, 0.2) is 48.5 Å². The third-order valence-electron chi connectivity index (χ3n) is 5.33. The van der Waals surface area contributed by atoms with E-state index in [4.69, 9.17) is 0 Å². The number of carbonyl (C=O) groups is 1. The number of aromatic nitrogens is 8. The fourth-order valence-corrected chi connectivity index (χ4v) is 3.73. The van der Waals surface area contributed by atoms with E-state index in [-0.39, 0.29) is 5.92 Å². The van der Waals surface area contributed by atoms with Crippen LogP contribution in [0.4, 0.5) is 0 Å². The van der Waals surface area contributed by atoms with E-state index in [1.54, 1.807) is 0 Å². The maximum absolute atomic E-state index is 11.9. The maximum Gasteiger partial charge on any atom is 0.307 e. The number of aliphatic carboxylic acids is 1. The fourth-order valence-electron chi connectivity index (χ4n) is 3.73. The number of benzene rings is 2. The Kier molecular flexibility index (Phi) is 6.06. The lowest BCUT2D eigenvalue weighted by molar-refractivity contribution is -0.142. The minimum absolute atomic E-state index is 0.351. The van der Waals surface area contributed by atoms with Crippen molar-refractivity contribution in [2.75, 3.05) is 0 Å². The Hall–Kier alpha value is -3.95. The van der Waals surface area contributed by atoms with E-state index in [0.717, 1.165) is 28.7 Å². The molecule has 31 heavy (non-hydrogen) atoms. The summed E-state index contributed by atoms with van der Waals surface area (Å²) in [6.45, 7) is 1.97. The summed E-state index contributed by atoms with van der Waals surface area (Å²) in [6.07, 6.45) is 1.84. The van der Waals surface area contributed by atoms with Crippen molar-refractivity contribution in [1.82, 2.24) is 41.2 Å².